The Morgan fingerprint density at radius 1 is 1.05 bits per heavy atom. The number of carbonyl (C=O) groups is 4. The van der Waals surface area contributed by atoms with Crippen LogP contribution in [0.25, 0.3) is 0 Å². The molecule has 0 atom stereocenters. The van der Waals surface area contributed by atoms with Gasteiger partial charge in [-0.25, -0.2) is 4.79 Å². The molecule has 1 aliphatic heterocycles. The summed E-state index contributed by atoms with van der Waals surface area (Å²) in [6.07, 6.45) is 1.38. The molecule has 0 aromatic heterocycles. The smallest absolute Gasteiger partial charge is 0.333 e. The first-order chi connectivity index (χ1) is 9.04. The van der Waals surface area contributed by atoms with E-state index in [1.807, 2.05) is 0 Å². The van der Waals surface area contributed by atoms with E-state index in [9.17, 15) is 19.2 Å². The van der Waals surface area contributed by atoms with Crippen molar-refractivity contribution in [2.24, 2.45) is 0 Å². The van der Waals surface area contributed by atoms with Gasteiger partial charge in [0.05, 0.1) is 6.61 Å². The van der Waals surface area contributed by atoms with Crippen molar-refractivity contribution in [3.63, 3.8) is 0 Å². The van der Waals surface area contributed by atoms with Crippen LogP contribution < -0.4 is 0 Å². The van der Waals surface area contributed by atoms with Gasteiger partial charge in [-0.15, -0.1) is 5.06 Å². The van der Waals surface area contributed by atoms with Crippen LogP contribution in [0.5, 0.6) is 0 Å². The Morgan fingerprint density at radius 2 is 1.58 bits per heavy atom. The molecule has 0 radical (unpaired) electrons. The number of unbranched alkanes of at least 4 members (excludes halogenated alkanes) is 1. The summed E-state index contributed by atoms with van der Waals surface area (Å²) in [5.41, 5.74) is 0. The van der Waals surface area contributed by atoms with E-state index in [2.05, 4.69) is 4.84 Å². The summed E-state index contributed by atoms with van der Waals surface area (Å²) in [6, 6.07) is 0. The average Bonchev–Trinajstić information content (AvgIpc) is 2.67. The fourth-order valence-corrected chi connectivity index (χ4v) is 1.58. The number of hydrogen-bond donors (Lipinski definition) is 0. The minimum Gasteiger partial charge on any atom is -0.466 e. The lowest BCUT2D eigenvalue weighted by Crippen LogP contribution is -2.31. The van der Waals surface area contributed by atoms with Gasteiger partial charge in [0.25, 0.3) is 11.8 Å². The third-order valence-electron chi connectivity index (χ3n) is 2.52. The van der Waals surface area contributed by atoms with Crippen LogP contribution in [0.3, 0.4) is 0 Å². The molecule has 1 rings (SSSR count). The molecule has 0 bridgehead atoms. The summed E-state index contributed by atoms with van der Waals surface area (Å²) in [5, 5.41) is 0.522. The van der Waals surface area contributed by atoms with Gasteiger partial charge in [0.1, 0.15) is 0 Å². The van der Waals surface area contributed by atoms with Crippen molar-refractivity contribution < 1.29 is 28.8 Å². The standard InChI is InChI=1S/C12H17NO6/c1-2-18-11(16)5-3-4-6-12(17)19-13-9(14)7-8-10(13)15/h2-8H2,1H3. The third kappa shape index (κ3) is 5.07. The Hall–Kier alpha value is -1.92. The molecule has 0 unspecified atom stereocenters. The van der Waals surface area contributed by atoms with Crippen LogP contribution in [-0.4, -0.2) is 35.4 Å². The molecule has 0 spiro atoms. The summed E-state index contributed by atoms with van der Waals surface area (Å²) in [7, 11) is 0. The van der Waals surface area contributed by atoms with Crippen molar-refractivity contribution >= 4 is 23.8 Å². The molecule has 0 aliphatic carbocycles. The number of rotatable bonds is 7. The van der Waals surface area contributed by atoms with Crippen molar-refractivity contribution in [1.29, 1.82) is 0 Å². The van der Waals surface area contributed by atoms with Crippen LogP contribution in [0.4, 0.5) is 0 Å². The van der Waals surface area contributed by atoms with Crippen LogP contribution in [0.15, 0.2) is 0 Å². The quantitative estimate of drug-likeness (QED) is 0.385. The molecule has 2 amide bonds. The lowest BCUT2D eigenvalue weighted by atomic mass is 10.2. The average molecular weight is 271 g/mol. The van der Waals surface area contributed by atoms with E-state index in [1.165, 1.54) is 0 Å². The first-order valence-electron chi connectivity index (χ1n) is 6.26. The highest BCUT2D eigenvalue weighted by Crippen LogP contribution is 2.13. The van der Waals surface area contributed by atoms with Crippen LogP contribution in [0, 0.1) is 0 Å². The summed E-state index contributed by atoms with van der Waals surface area (Å²) < 4.78 is 4.73. The topological polar surface area (TPSA) is 90.0 Å². The second-order valence-electron chi connectivity index (χ2n) is 4.06. The first-order valence-corrected chi connectivity index (χ1v) is 6.26. The van der Waals surface area contributed by atoms with Gasteiger partial charge in [-0.2, -0.15) is 0 Å². The summed E-state index contributed by atoms with van der Waals surface area (Å²) in [6.45, 7) is 2.05. The number of hydrogen-bond acceptors (Lipinski definition) is 6. The maximum absolute atomic E-state index is 11.4. The third-order valence-corrected chi connectivity index (χ3v) is 2.52. The minimum absolute atomic E-state index is 0.0520. The number of carbonyl (C=O) groups excluding carboxylic acids is 4. The summed E-state index contributed by atoms with van der Waals surface area (Å²) >= 11 is 0. The van der Waals surface area contributed by atoms with Crippen LogP contribution in [-0.2, 0) is 28.8 Å². The predicted molar refractivity (Wildman–Crippen MR) is 62.3 cm³/mol. The summed E-state index contributed by atoms with van der Waals surface area (Å²) in [4.78, 5) is 49.4. The molecule has 0 aromatic rings. The number of hydroxylamine groups is 2. The zero-order valence-electron chi connectivity index (χ0n) is 10.8. The van der Waals surface area contributed by atoms with E-state index < -0.39 is 17.8 Å². The number of nitrogens with zero attached hydrogens (tertiary/aromatic N) is 1. The highest BCUT2D eigenvalue weighted by Gasteiger charge is 2.32. The van der Waals surface area contributed by atoms with Crippen LogP contribution in [0.2, 0.25) is 0 Å². The van der Waals surface area contributed by atoms with Gasteiger partial charge >= 0.3 is 11.9 Å². The van der Waals surface area contributed by atoms with E-state index in [0.29, 0.717) is 24.5 Å². The highest BCUT2D eigenvalue weighted by molar-refractivity contribution is 6.01. The number of imide groups is 1. The van der Waals surface area contributed by atoms with Gasteiger partial charge in [0, 0.05) is 25.7 Å². The van der Waals surface area contributed by atoms with Crippen LogP contribution in [0.1, 0.15) is 45.4 Å². The van der Waals surface area contributed by atoms with Gasteiger partial charge in [-0.3, -0.25) is 14.4 Å². The van der Waals surface area contributed by atoms with Gasteiger partial charge in [0.2, 0.25) is 0 Å². The van der Waals surface area contributed by atoms with Crippen molar-refractivity contribution in [3.05, 3.63) is 0 Å². The van der Waals surface area contributed by atoms with E-state index in [-0.39, 0.29) is 31.7 Å². The van der Waals surface area contributed by atoms with E-state index >= 15 is 0 Å². The number of amides is 2. The molecular weight excluding hydrogens is 254 g/mol. The Labute approximate surface area is 110 Å². The molecule has 0 aromatic carbocycles. The maximum Gasteiger partial charge on any atom is 0.333 e. The molecule has 19 heavy (non-hydrogen) atoms. The zero-order valence-corrected chi connectivity index (χ0v) is 10.8. The summed E-state index contributed by atoms with van der Waals surface area (Å²) in [5.74, 6) is -1.94. The Morgan fingerprint density at radius 3 is 2.11 bits per heavy atom. The predicted octanol–water partition coefficient (Wildman–Crippen LogP) is 0.717. The molecule has 7 nitrogen and oxygen atoms in total. The van der Waals surface area contributed by atoms with Crippen molar-refractivity contribution in [2.45, 2.75) is 45.4 Å². The van der Waals surface area contributed by atoms with Crippen molar-refractivity contribution in [3.8, 4) is 0 Å². The number of esters is 1. The lowest BCUT2D eigenvalue weighted by Gasteiger charge is -2.12. The van der Waals surface area contributed by atoms with Crippen molar-refractivity contribution in [1.82, 2.24) is 5.06 Å². The fraction of sp³-hybridized carbons (Fsp3) is 0.667. The fourth-order valence-electron chi connectivity index (χ4n) is 1.58. The van der Waals surface area contributed by atoms with E-state index in [0.717, 1.165) is 0 Å². The zero-order chi connectivity index (χ0) is 14.3. The maximum atomic E-state index is 11.4. The minimum atomic E-state index is -0.646. The Balaban J connectivity index is 2.16. The monoisotopic (exact) mass is 271 g/mol. The first kappa shape index (κ1) is 15.1. The van der Waals surface area contributed by atoms with Crippen molar-refractivity contribution in [2.75, 3.05) is 6.61 Å². The molecule has 1 heterocycles. The SMILES string of the molecule is CCOC(=O)CCCCC(=O)ON1C(=O)CCC1=O. The largest absolute Gasteiger partial charge is 0.466 e. The molecule has 0 N–H and O–H groups in total. The molecule has 1 fully saturated rings. The van der Waals surface area contributed by atoms with Gasteiger partial charge in [0.15, 0.2) is 0 Å². The van der Waals surface area contributed by atoms with Gasteiger partial charge in [-0.1, -0.05) is 0 Å². The molecule has 106 valence electrons. The molecule has 0 saturated carbocycles. The second kappa shape index (κ2) is 7.50. The Bertz CT molecular complexity index is 362. The number of ether oxygens (including phenoxy) is 1. The molecule has 7 heteroatoms. The van der Waals surface area contributed by atoms with E-state index in [4.69, 9.17) is 4.74 Å². The Kier molecular flexibility index (Phi) is 5.98. The molecule has 1 aliphatic rings. The normalized spacial score (nSPS) is 14.7. The van der Waals surface area contributed by atoms with Gasteiger partial charge < -0.3 is 9.57 Å². The highest BCUT2D eigenvalue weighted by atomic mass is 16.7. The molecular formula is C12H17NO6. The van der Waals surface area contributed by atoms with E-state index in [1.54, 1.807) is 6.92 Å². The molecule has 1 saturated heterocycles. The lowest BCUT2D eigenvalue weighted by molar-refractivity contribution is -0.197. The second-order valence-corrected chi connectivity index (χ2v) is 4.06. The van der Waals surface area contributed by atoms with Gasteiger partial charge in [-0.05, 0) is 19.8 Å². The van der Waals surface area contributed by atoms with Crippen LogP contribution >= 0.6 is 0 Å².